The van der Waals surface area contributed by atoms with Crippen molar-refractivity contribution < 1.29 is 34.1 Å². The van der Waals surface area contributed by atoms with Crippen LogP contribution in [0.25, 0.3) is 0 Å². The molecule has 8 nitrogen and oxygen atoms in total. The third-order valence-corrected chi connectivity index (χ3v) is 2.66. The molecule has 2 N–H and O–H groups in total. The maximum absolute atomic E-state index is 11.7. The van der Waals surface area contributed by atoms with Crippen molar-refractivity contribution in [3.8, 4) is 0 Å². The predicted octanol–water partition coefficient (Wildman–Crippen LogP) is 1.04. The van der Waals surface area contributed by atoms with Crippen LogP contribution in [0.1, 0.15) is 27.2 Å². The summed E-state index contributed by atoms with van der Waals surface area (Å²) in [4.78, 5) is 45.0. The van der Waals surface area contributed by atoms with Crippen LogP contribution in [0, 0.1) is 0 Å². The van der Waals surface area contributed by atoms with Gasteiger partial charge < -0.3 is 19.8 Å². The number of carboxylic acid groups (broad SMARTS) is 2. The summed E-state index contributed by atoms with van der Waals surface area (Å²) in [5.41, 5.74) is -0.632. The largest absolute Gasteiger partial charge is 0.480 e. The SMILES string of the molecule is CC(C)(C)OC(=O)SCCC(=O)N(CC(=O)O)CC(=O)O. The molecule has 0 heterocycles. The molecule has 1 amide bonds. The molecule has 0 unspecified atom stereocenters. The Hall–Kier alpha value is -1.77. The van der Waals surface area contributed by atoms with Gasteiger partial charge in [0.05, 0.1) is 0 Å². The molecule has 0 saturated heterocycles. The second-order valence-electron chi connectivity index (χ2n) is 5.10. The zero-order valence-electron chi connectivity index (χ0n) is 12.1. The van der Waals surface area contributed by atoms with Gasteiger partial charge in [-0.25, -0.2) is 4.79 Å². The quantitative estimate of drug-likeness (QED) is 0.667. The Labute approximate surface area is 126 Å². The van der Waals surface area contributed by atoms with Gasteiger partial charge in [-0.15, -0.1) is 0 Å². The van der Waals surface area contributed by atoms with Crippen LogP contribution in [0.15, 0.2) is 0 Å². The van der Waals surface area contributed by atoms with Crippen LogP contribution in [-0.4, -0.2) is 62.7 Å². The average Bonchev–Trinajstić information content (AvgIpc) is 2.23. The first-order chi connectivity index (χ1) is 9.51. The van der Waals surface area contributed by atoms with E-state index in [0.29, 0.717) is 4.90 Å². The van der Waals surface area contributed by atoms with Gasteiger partial charge in [0, 0.05) is 12.2 Å². The molecule has 0 fully saturated rings. The van der Waals surface area contributed by atoms with Gasteiger partial charge in [0.15, 0.2) is 0 Å². The van der Waals surface area contributed by atoms with Crippen molar-refractivity contribution in [2.24, 2.45) is 0 Å². The highest BCUT2D eigenvalue weighted by atomic mass is 32.2. The number of thioether (sulfide) groups is 1. The Morgan fingerprint density at radius 1 is 1.05 bits per heavy atom. The minimum Gasteiger partial charge on any atom is -0.480 e. The first-order valence-corrected chi connectivity index (χ1v) is 7.07. The van der Waals surface area contributed by atoms with Gasteiger partial charge in [-0.2, -0.15) is 0 Å². The van der Waals surface area contributed by atoms with Crippen molar-refractivity contribution in [1.82, 2.24) is 4.90 Å². The molecule has 0 rings (SSSR count). The van der Waals surface area contributed by atoms with Crippen LogP contribution in [0.4, 0.5) is 4.79 Å². The lowest BCUT2D eigenvalue weighted by atomic mass is 10.2. The van der Waals surface area contributed by atoms with Crippen LogP contribution < -0.4 is 0 Å². The minimum absolute atomic E-state index is 0.0868. The zero-order valence-corrected chi connectivity index (χ0v) is 12.9. The lowest BCUT2D eigenvalue weighted by molar-refractivity contribution is -0.149. The number of nitrogens with zero attached hydrogens (tertiary/aromatic N) is 1. The lowest BCUT2D eigenvalue weighted by Gasteiger charge is -2.20. The molecule has 0 aromatic rings. The second kappa shape index (κ2) is 8.50. The molecule has 0 aromatic heterocycles. The van der Waals surface area contributed by atoms with E-state index in [9.17, 15) is 19.2 Å². The maximum atomic E-state index is 11.7. The summed E-state index contributed by atoms with van der Waals surface area (Å²) in [6, 6.07) is 0. The fraction of sp³-hybridized carbons (Fsp3) is 0.667. The van der Waals surface area contributed by atoms with Gasteiger partial charge in [0.1, 0.15) is 18.7 Å². The topological polar surface area (TPSA) is 121 Å². The molecule has 0 aliphatic rings. The predicted molar refractivity (Wildman–Crippen MR) is 75.2 cm³/mol. The summed E-state index contributed by atoms with van der Waals surface area (Å²) in [6.07, 6.45) is -0.148. The van der Waals surface area contributed by atoms with Crippen molar-refractivity contribution >= 4 is 34.9 Å². The van der Waals surface area contributed by atoms with E-state index in [1.165, 1.54) is 0 Å². The van der Waals surface area contributed by atoms with Gasteiger partial charge in [-0.05, 0) is 32.5 Å². The highest BCUT2D eigenvalue weighted by Crippen LogP contribution is 2.15. The summed E-state index contributed by atoms with van der Waals surface area (Å²) in [5, 5.41) is 16.7. The number of hydrogen-bond acceptors (Lipinski definition) is 6. The van der Waals surface area contributed by atoms with E-state index in [0.717, 1.165) is 11.8 Å². The molecule has 0 bridgehead atoms. The van der Waals surface area contributed by atoms with Crippen molar-refractivity contribution in [3.05, 3.63) is 0 Å². The smallest absolute Gasteiger partial charge is 0.367 e. The number of carbonyl (C=O) groups is 4. The van der Waals surface area contributed by atoms with E-state index >= 15 is 0 Å². The van der Waals surface area contributed by atoms with E-state index < -0.39 is 41.8 Å². The molecule has 120 valence electrons. The lowest BCUT2D eigenvalue weighted by Crippen LogP contribution is -2.39. The number of amides is 1. The van der Waals surface area contributed by atoms with Crippen LogP contribution in [0.2, 0.25) is 0 Å². The zero-order chi connectivity index (χ0) is 16.6. The van der Waals surface area contributed by atoms with Crippen molar-refractivity contribution in [2.75, 3.05) is 18.8 Å². The van der Waals surface area contributed by atoms with E-state index in [1.54, 1.807) is 20.8 Å². The molecular weight excluding hydrogens is 302 g/mol. The molecular formula is C12H19NO7S. The van der Waals surface area contributed by atoms with Crippen molar-refractivity contribution in [1.29, 1.82) is 0 Å². The van der Waals surface area contributed by atoms with Crippen molar-refractivity contribution in [3.63, 3.8) is 0 Å². The van der Waals surface area contributed by atoms with Gasteiger partial charge in [0.25, 0.3) is 0 Å². The fourth-order valence-electron chi connectivity index (χ4n) is 1.22. The highest BCUT2D eigenvalue weighted by Gasteiger charge is 2.21. The van der Waals surface area contributed by atoms with Crippen molar-refractivity contribution in [2.45, 2.75) is 32.8 Å². The second-order valence-corrected chi connectivity index (χ2v) is 6.13. The molecule has 9 heteroatoms. The number of ether oxygens (including phenoxy) is 1. The molecule has 0 aliphatic carbocycles. The number of rotatable bonds is 7. The van der Waals surface area contributed by atoms with Crippen LogP contribution in [-0.2, 0) is 19.1 Å². The van der Waals surface area contributed by atoms with E-state index in [1.807, 2.05) is 0 Å². The van der Waals surface area contributed by atoms with Crippen LogP contribution in [0.5, 0.6) is 0 Å². The summed E-state index contributed by atoms with van der Waals surface area (Å²) in [6.45, 7) is 3.73. The highest BCUT2D eigenvalue weighted by molar-refractivity contribution is 8.13. The third kappa shape index (κ3) is 10.7. The van der Waals surface area contributed by atoms with Gasteiger partial charge in [-0.1, -0.05) is 0 Å². The molecule has 21 heavy (non-hydrogen) atoms. The first kappa shape index (κ1) is 19.2. The summed E-state index contributed by atoms with van der Waals surface area (Å²) in [7, 11) is 0. The Balaban J connectivity index is 4.28. The van der Waals surface area contributed by atoms with Crippen LogP contribution >= 0.6 is 11.8 Å². The summed E-state index contributed by atoms with van der Waals surface area (Å²) >= 11 is 0.783. The third-order valence-electron chi connectivity index (χ3n) is 1.93. The minimum atomic E-state index is -1.30. The summed E-state index contributed by atoms with van der Waals surface area (Å²) < 4.78 is 5.02. The van der Waals surface area contributed by atoms with E-state index in [4.69, 9.17) is 14.9 Å². The normalized spacial score (nSPS) is 10.8. The Bertz CT molecular complexity index is 400. The number of aliphatic carboxylic acids is 2. The summed E-state index contributed by atoms with van der Waals surface area (Å²) in [5.74, 6) is -3.16. The molecule has 0 atom stereocenters. The van der Waals surface area contributed by atoms with E-state index in [-0.39, 0.29) is 12.2 Å². The number of hydrogen-bond donors (Lipinski definition) is 2. The molecule has 0 aliphatic heterocycles. The Kier molecular flexibility index (Phi) is 7.79. The molecule has 0 aromatic carbocycles. The Morgan fingerprint density at radius 3 is 1.90 bits per heavy atom. The Morgan fingerprint density at radius 2 is 1.52 bits per heavy atom. The van der Waals surface area contributed by atoms with Crippen LogP contribution in [0.3, 0.4) is 0 Å². The molecule has 0 saturated carbocycles. The molecule has 0 radical (unpaired) electrons. The average molecular weight is 321 g/mol. The number of carbonyl (C=O) groups excluding carboxylic acids is 2. The monoisotopic (exact) mass is 321 g/mol. The van der Waals surface area contributed by atoms with Gasteiger partial charge >= 0.3 is 17.2 Å². The van der Waals surface area contributed by atoms with Gasteiger partial charge in [0.2, 0.25) is 5.91 Å². The number of carboxylic acids is 2. The van der Waals surface area contributed by atoms with Gasteiger partial charge in [-0.3, -0.25) is 14.4 Å². The first-order valence-electron chi connectivity index (χ1n) is 6.08. The fourth-order valence-corrected chi connectivity index (χ4v) is 1.97. The standard InChI is InChI=1S/C12H19NO7S/c1-12(2,3)20-11(19)21-5-4-8(14)13(6-9(15)16)7-10(17)18/h4-7H2,1-3H3,(H,15,16)(H,17,18). The molecule has 0 spiro atoms. The maximum Gasteiger partial charge on any atom is 0.367 e. The van der Waals surface area contributed by atoms with E-state index in [2.05, 4.69) is 0 Å².